The zero-order valence-electron chi connectivity index (χ0n) is 15.0. The maximum atomic E-state index is 5.38. The van der Waals surface area contributed by atoms with Crippen LogP contribution in [0, 0.1) is 0 Å². The number of nitrogens with zero attached hydrogens (tertiary/aromatic N) is 1. The normalized spacial score (nSPS) is 16.9. The summed E-state index contributed by atoms with van der Waals surface area (Å²) in [5, 5.41) is 7.06. The molecule has 1 aliphatic rings. The number of fused-ring (bicyclic) bond motifs is 1. The van der Waals surface area contributed by atoms with Crippen LogP contribution in [-0.4, -0.2) is 24.6 Å². The Morgan fingerprint density at radius 2 is 2.00 bits per heavy atom. The fraction of sp³-hybridized carbons (Fsp3) is 0.450. The van der Waals surface area contributed by atoms with Crippen molar-refractivity contribution in [2.24, 2.45) is 4.99 Å². The number of benzene rings is 1. The number of nitrogens with one attached hydrogen (secondary N) is 2. The summed E-state index contributed by atoms with van der Waals surface area (Å²) in [5.41, 5.74) is 2.95. The van der Waals surface area contributed by atoms with E-state index in [1.54, 1.807) is 6.26 Å². The first kappa shape index (κ1) is 19.8. The van der Waals surface area contributed by atoms with Gasteiger partial charge in [-0.3, -0.25) is 4.99 Å². The summed E-state index contributed by atoms with van der Waals surface area (Å²) in [5.74, 6) is 1.88. The Bertz CT molecular complexity index is 667. The van der Waals surface area contributed by atoms with Crippen LogP contribution >= 0.6 is 24.0 Å². The Morgan fingerprint density at radius 1 is 1.20 bits per heavy atom. The monoisotopic (exact) mass is 453 g/mol. The molecule has 0 radical (unpaired) electrons. The molecule has 1 aromatic carbocycles. The molecule has 0 saturated carbocycles. The number of halogens is 1. The largest absolute Gasteiger partial charge is 0.469 e. The fourth-order valence-corrected chi connectivity index (χ4v) is 3.15. The molecule has 1 heterocycles. The van der Waals surface area contributed by atoms with E-state index in [9.17, 15) is 0 Å². The number of hydrogen-bond acceptors (Lipinski definition) is 2. The summed E-state index contributed by atoms with van der Waals surface area (Å²) in [7, 11) is 0. The highest BCUT2D eigenvalue weighted by Gasteiger charge is 2.19. The predicted octanol–water partition coefficient (Wildman–Crippen LogP) is 3.94. The van der Waals surface area contributed by atoms with Gasteiger partial charge < -0.3 is 15.1 Å². The van der Waals surface area contributed by atoms with Gasteiger partial charge in [0, 0.05) is 25.0 Å². The molecular weight excluding hydrogens is 425 g/mol. The summed E-state index contributed by atoms with van der Waals surface area (Å²) in [6.45, 7) is 5.00. The first-order chi connectivity index (χ1) is 11.7. The molecule has 0 amide bonds. The molecule has 1 aromatic heterocycles. The molecule has 1 unspecified atom stereocenters. The molecule has 2 N–H and O–H groups in total. The molecule has 4 nitrogen and oxygen atoms in total. The Hall–Kier alpha value is -1.50. The average molecular weight is 453 g/mol. The van der Waals surface area contributed by atoms with Gasteiger partial charge in [-0.05, 0) is 56.4 Å². The third-order valence-corrected chi connectivity index (χ3v) is 4.32. The molecule has 0 fully saturated rings. The number of rotatable bonds is 5. The van der Waals surface area contributed by atoms with Crippen LogP contribution in [0.2, 0.25) is 0 Å². The van der Waals surface area contributed by atoms with E-state index >= 15 is 0 Å². The van der Waals surface area contributed by atoms with Crippen LogP contribution < -0.4 is 10.6 Å². The number of furan rings is 1. The van der Waals surface area contributed by atoms with Gasteiger partial charge in [0.05, 0.1) is 6.26 Å². The average Bonchev–Trinajstić information content (AvgIpc) is 3.07. The third-order valence-electron chi connectivity index (χ3n) is 4.32. The van der Waals surface area contributed by atoms with Gasteiger partial charge in [-0.2, -0.15) is 0 Å². The molecule has 2 aromatic rings. The van der Waals surface area contributed by atoms with Crippen molar-refractivity contribution in [1.82, 2.24) is 10.6 Å². The Morgan fingerprint density at radius 3 is 2.72 bits per heavy atom. The summed E-state index contributed by atoms with van der Waals surface area (Å²) < 4.78 is 5.38. The van der Waals surface area contributed by atoms with Crippen LogP contribution in [0.1, 0.15) is 37.2 Å². The molecule has 136 valence electrons. The van der Waals surface area contributed by atoms with E-state index in [2.05, 4.69) is 48.7 Å². The van der Waals surface area contributed by atoms with E-state index in [0.29, 0.717) is 12.1 Å². The standard InChI is InChI=1S/C20H27N3O.HI/c1-15(2)22-20(21-12-11-19-8-5-13-24-19)23-18-10-9-16-6-3-4-7-17(16)14-18;/h3-8,13,15,18H,9-12,14H2,1-2H3,(H2,21,22,23);1H. The van der Waals surface area contributed by atoms with Crippen LogP contribution in [0.3, 0.4) is 0 Å². The van der Waals surface area contributed by atoms with E-state index in [0.717, 1.165) is 43.9 Å². The van der Waals surface area contributed by atoms with Crippen molar-refractivity contribution in [3.8, 4) is 0 Å². The molecule has 0 spiro atoms. The van der Waals surface area contributed by atoms with E-state index in [1.807, 2.05) is 12.1 Å². The fourth-order valence-electron chi connectivity index (χ4n) is 3.15. The molecule has 0 bridgehead atoms. The van der Waals surface area contributed by atoms with Gasteiger partial charge in [0.25, 0.3) is 0 Å². The Balaban J connectivity index is 0.00000225. The van der Waals surface area contributed by atoms with Crippen LogP contribution in [0.5, 0.6) is 0 Å². The van der Waals surface area contributed by atoms with Crippen molar-refractivity contribution in [2.45, 2.75) is 51.6 Å². The quantitative estimate of drug-likeness (QED) is 0.410. The van der Waals surface area contributed by atoms with Crippen LogP contribution in [0.4, 0.5) is 0 Å². The van der Waals surface area contributed by atoms with Crippen LogP contribution in [0.25, 0.3) is 0 Å². The second kappa shape index (κ2) is 9.85. The van der Waals surface area contributed by atoms with Crippen molar-refractivity contribution in [2.75, 3.05) is 6.54 Å². The van der Waals surface area contributed by atoms with Crippen molar-refractivity contribution >= 4 is 29.9 Å². The molecule has 1 aliphatic carbocycles. The summed E-state index contributed by atoms with van der Waals surface area (Å²) >= 11 is 0. The topological polar surface area (TPSA) is 49.6 Å². The molecule has 5 heteroatoms. The van der Waals surface area contributed by atoms with Crippen molar-refractivity contribution < 1.29 is 4.42 Å². The number of guanidine groups is 1. The van der Waals surface area contributed by atoms with Gasteiger partial charge in [0.1, 0.15) is 5.76 Å². The maximum Gasteiger partial charge on any atom is 0.191 e. The Labute approximate surface area is 167 Å². The highest BCUT2D eigenvalue weighted by molar-refractivity contribution is 14.0. The van der Waals surface area contributed by atoms with Crippen LogP contribution in [0.15, 0.2) is 52.1 Å². The lowest BCUT2D eigenvalue weighted by molar-refractivity contribution is 0.506. The van der Waals surface area contributed by atoms with Gasteiger partial charge in [0.2, 0.25) is 0 Å². The predicted molar refractivity (Wildman–Crippen MR) is 114 cm³/mol. The second-order valence-electron chi connectivity index (χ2n) is 6.71. The van der Waals surface area contributed by atoms with Gasteiger partial charge in [0.15, 0.2) is 5.96 Å². The lowest BCUT2D eigenvalue weighted by Gasteiger charge is -2.27. The summed E-state index contributed by atoms with van der Waals surface area (Å²) in [6, 6.07) is 13.5. The molecule has 3 rings (SSSR count). The zero-order chi connectivity index (χ0) is 16.8. The van der Waals surface area contributed by atoms with Crippen molar-refractivity contribution in [3.63, 3.8) is 0 Å². The molecule has 0 aliphatic heterocycles. The first-order valence-electron chi connectivity index (χ1n) is 8.87. The smallest absolute Gasteiger partial charge is 0.191 e. The van der Waals surface area contributed by atoms with E-state index < -0.39 is 0 Å². The Kier molecular flexibility index (Phi) is 7.81. The van der Waals surface area contributed by atoms with E-state index in [4.69, 9.17) is 9.41 Å². The minimum Gasteiger partial charge on any atom is -0.469 e. The third kappa shape index (κ3) is 6.06. The van der Waals surface area contributed by atoms with Gasteiger partial charge in [-0.15, -0.1) is 24.0 Å². The highest BCUT2D eigenvalue weighted by Crippen LogP contribution is 2.20. The number of hydrogen-bond donors (Lipinski definition) is 2. The van der Waals surface area contributed by atoms with E-state index in [-0.39, 0.29) is 24.0 Å². The lowest BCUT2D eigenvalue weighted by atomic mass is 9.88. The summed E-state index contributed by atoms with van der Waals surface area (Å²) in [6.07, 6.45) is 5.88. The molecule has 1 atom stereocenters. The summed E-state index contributed by atoms with van der Waals surface area (Å²) in [4.78, 5) is 4.72. The van der Waals surface area contributed by atoms with Crippen LogP contribution in [-0.2, 0) is 19.3 Å². The number of aliphatic imine (C=N–C) groups is 1. The second-order valence-corrected chi connectivity index (χ2v) is 6.71. The first-order valence-corrected chi connectivity index (χ1v) is 8.87. The molecular formula is C20H28IN3O. The van der Waals surface area contributed by atoms with Crippen molar-refractivity contribution in [3.05, 3.63) is 59.5 Å². The minimum absolute atomic E-state index is 0. The lowest BCUT2D eigenvalue weighted by Crippen LogP contribution is -2.47. The molecule has 0 saturated heterocycles. The highest BCUT2D eigenvalue weighted by atomic mass is 127. The molecule has 25 heavy (non-hydrogen) atoms. The van der Waals surface area contributed by atoms with Gasteiger partial charge >= 0.3 is 0 Å². The van der Waals surface area contributed by atoms with E-state index in [1.165, 1.54) is 11.1 Å². The SMILES string of the molecule is CC(C)NC(=NCCc1ccco1)NC1CCc2ccccc2C1.I. The minimum atomic E-state index is 0. The van der Waals surface area contributed by atoms with Crippen molar-refractivity contribution in [1.29, 1.82) is 0 Å². The maximum absolute atomic E-state index is 5.38. The zero-order valence-corrected chi connectivity index (χ0v) is 17.3. The number of aryl methyl sites for hydroxylation is 1. The van der Waals surface area contributed by atoms with Gasteiger partial charge in [-0.25, -0.2) is 0 Å². The van der Waals surface area contributed by atoms with Gasteiger partial charge in [-0.1, -0.05) is 24.3 Å².